The molecule has 1 atom stereocenters. The molecule has 0 saturated carbocycles. The van der Waals surface area contributed by atoms with Gasteiger partial charge in [0.2, 0.25) is 0 Å². The van der Waals surface area contributed by atoms with E-state index in [2.05, 4.69) is 63.3 Å². The fourth-order valence-corrected chi connectivity index (χ4v) is 6.55. The van der Waals surface area contributed by atoms with Gasteiger partial charge in [-0.25, -0.2) is 0 Å². The van der Waals surface area contributed by atoms with Crippen LogP contribution in [-0.2, 0) is 28.6 Å². The Morgan fingerprint density at radius 3 is 1.20 bits per heavy atom. The molecular weight excluding hydrogens is 757 g/mol. The van der Waals surface area contributed by atoms with Gasteiger partial charge in [0.25, 0.3) is 0 Å². The fourth-order valence-electron chi connectivity index (χ4n) is 6.55. The van der Waals surface area contributed by atoms with E-state index in [0.717, 1.165) is 57.8 Å². The first kappa shape index (κ1) is 57.3. The van der Waals surface area contributed by atoms with Gasteiger partial charge in [-0.3, -0.25) is 14.4 Å². The third-order valence-electron chi connectivity index (χ3n) is 10.2. The first-order valence-corrected chi connectivity index (χ1v) is 24.8. The number of hydrogen-bond donors (Lipinski definition) is 0. The molecule has 0 aliphatic heterocycles. The highest BCUT2D eigenvalue weighted by Gasteiger charge is 2.19. The molecule has 0 aromatic carbocycles. The van der Waals surface area contributed by atoms with Crippen LogP contribution in [0.3, 0.4) is 0 Å². The van der Waals surface area contributed by atoms with Crippen molar-refractivity contribution in [2.24, 2.45) is 0 Å². The molecule has 0 N–H and O–H groups in total. The average Bonchev–Trinajstić information content (AvgIpc) is 3.26. The summed E-state index contributed by atoms with van der Waals surface area (Å²) in [5.74, 6) is -1.06. The van der Waals surface area contributed by atoms with Crippen LogP contribution in [-0.4, -0.2) is 37.2 Å². The summed E-state index contributed by atoms with van der Waals surface area (Å²) in [7, 11) is 0. The predicted octanol–water partition coefficient (Wildman–Crippen LogP) is 16.2. The molecule has 1 unspecified atom stereocenters. The summed E-state index contributed by atoms with van der Waals surface area (Å²) in [6.45, 7) is 6.26. The van der Waals surface area contributed by atoms with Gasteiger partial charge in [-0.05, 0) is 57.8 Å². The lowest BCUT2D eigenvalue weighted by Crippen LogP contribution is -2.30. The van der Waals surface area contributed by atoms with Crippen LogP contribution in [0.15, 0.2) is 97.2 Å². The van der Waals surface area contributed by atoms with Gasteiger partial charge < -0.3 is 14.2 Å². The molecule has 6 heteroatoms. The molecule has 0 bridgehead atoms. The fraction of sp³-hybridized carbons (Fsp3) is 0.655. The minimum atomic E-state index is -0.832. The van der Waals surface area contributed by atoms with Gasteiger partial charge in [0.1, 0.15) is 13.2 Å². The van der Waals surface area contributed by atoms with Crippen LogP contribution in [0.1, 0.15) is 213 Å². The van der Waals surface area contributed by atoms with Crippen LogP contribution < -0.4 is 0 Å². The zero-order valence-electron chi connectivity index (χ0n) is 39.4. The lowest BCUT2D eigenvalue weighted by atomic mass is 10.0. The van der Waals surface area contributed by atoms with Gasteiger partial charge in [0.05, 0.1) is 0 Å². The molecular formula is C55H90O6. The Kier molecular flexibility index (Phi) is 46.0. The van der Waals surface area contributed by atoms with Crippen LogP contribution in [0.25, 0.3) is 0 Å². The highest BCUT2D eigenvalue weighted by molar-refractivity contribution is 5.71. The summed E-state index contributed by atoms with van der Waals surface area (Å²) in [5.41, 5.74) is 0. The second-order valence-electron chi connectivity index (χ2n) is 16.1. The first-order valence-electron chi connectivity index (χ1n) is 24.8. The Morgan fingerprint density at radius 2 is 0.721 bits per heavy atom. The summed E-state index contributed by atoms with van der Waals surface area (Å²) in [5, 5.41) is 0. The van der Waals surface area contributed by atoms with E-state index >= 15 is 0 Å². The second kappa shape index (κ2) is 49.0. The van der Waals surface area contributed by atoms with E-state index in [0.29, 0.717) is 19.3 Å². The topological polar surface area (TPSA) is 78.9 Å². The molecule has 0 aromatic heterocycles. The Balaban J connectivity index is 4.44. The van der Waals surface area contributed by atoms with Crippen LogP contribution in [0.2, 0.25) is 0 Å². The van der Waals surface area contributed by atoms with E-state index < -0.39 is 12.1 Å². The summed E-state index contributed by atoms with van der Waals surface area (Å²) >= 11 is 0. The van der Waals surface area contributed by atoms with Crippen molar-refractivity contribution in [1.82, 2.24) is 0 Å². The Labute approximate surface area is 375 Å². The third-order valence-corrected chi connectivity index (χ3v) is 10.2. The smallest absolute Gasteiger partial charge is 0.306 e. The van der Waals surface area contributed by atoms with E-state index in [1.807, 2.05) is 54.7 Å². The Morgan fingerprint density at radius 1 is 0.361 bits per heavy atom. The van der Waals surface area contributed by atoms with Gasteiger partial charge >= 0.3 is 17.9 Å². The van der Waals surface area contributed by atoms with Gasteiger partial charge in [0, 0.05) is 19.3 Å². The van der Waals surface area contributed by atoms with E-state index in [1.54, 1.807) is 0 Å². The van der Waals surface area contributed by atoms with Crippen LogP contribution in [0.4, 0.5) is 0 Å². The number of rotatable bonds is 43. The maximum absolute atomic E-state index is 12.7. The molecule has 0 spiro atoms. The number of carbonyl (C=O) groups is 3. The SMILES string of the molecule is CC\C=C/C=C\C=C/C=C\C=C/CCCC(=O)OC(COC(=O)CCC/C=C\C/C=C\C/C=C\CC)COC(=O)CCCCCCCCCCCCCCCCCCCCC. The minimum Gasteiger partial charge on any atom is -0.462 e. The summed E-state index contributed by atoms with van der Waals surface area (Å²) in [4.78, 5) is 37.8. The van der Waals surface area contributed by atoms with E-state index in [4.69, 9.17) is 14.2 Å². The summed E-state index contributed by atoms with van der Waals surface area (Å²) in [6, 6.07) is 0. The molecule has 0 aromatic rings. The van der Waals surface area contributed by atoms with Crippen molar-refractivity contribution in [3.8, 4) is 0 Å². The zero-order valence-corrected chi connectivity index (χ0v) is 39.4. The van der Waals surface area contributed by atoms with Gasteiger partial charge in [0.15, 0.2) is 6.10 Å². The number of hydrogen-bond acceptors (Lipinski definition) is 6. The van der Waals surface area contributed by atoms with Gasteiger partial charge in [-0.1, -0.05) is 234 Å². The number of esters is 3. The zero-order chi connectivity index (χ0) is 44.4. The summed E-state index contributed by atoms with van der Waals surface area (Å²) in [6.07, 6.45) is 64.2. The molecule has 0 heterocycles. The monoisotopic (exact) mass is 847 g/mol. The lowest BCUT2D eigenvalue weighted by Gasteiger charge is -2.18. The molecule has 6 nitrogen and oxygen atoms in total. The van der Waals surface area contributed by atoms with Gasteiger partial charge in [-0.15, -0.1) is 0 Å². The molecule has 0 saturated heterocycles. The Bertz CT molecular complexity index is 1250. The van der Waals surface area contributed by atoms with Crippen LogP contribution in [0, 0.1) is 0 Å². The van der Waals surface area contributed by atoms with E-state index in [-0.39, 0.29) is 38.0 Å². The Hall–Kier alpha value is -3.67. The third kappa shape index (κ3) is 47.2. The van der Waals surface area contributed by atoms with Crippen molar-refractivity contribution in [3.05, 3.63) is 97.2 Å². The average molecular weight is 847 g/mol. The van der Waals surface area contributed by atoms with Crippen molar-refractivity contribution < 1.29 is 28.6 Å². The second-order valence-corrected chi connectivity index (χ2v) is 16.1. The quantitative estimate of drug-likeness (QED) is 0.0200. The molecule has 0 rings (SSSR count). The van der Waals surface area contributed by atoms with Crippen molar-refractivity contribution >= 4 is 17.9 Å². The largest absolute Gasteiger partial charge is 0.462 e. The lowest BCUT2D eigenvalue weighted by molar-refractivity contribution is -0.167. The van der Waals surface area contributed by atoms with Crippen molar-refractivity contribution in [3.63, 3.8) is 0 Å². The molecule has 0 aliphatic carbocycles. The highest BCUT2D eigenvalue weighted by atomic mass is 16.6. The number of allylic oxidation sites excluding steroid dienone is 16. The molecule has 61 heavy (non-hydrogen) atoms. The molecule has 0 fully saturated rings. The van der Waals surface area contributed by atoms with Crippen molar-refractivity contribution in [1.29, 1.82) is 0 Å². The van der Waals surface area contributed by atoms with E-state index in [1.165, 1.54) is 103 Å². The molecule has 346 valence electrons. The highest BCUT2D eigenvalue weighted by Crippen LogP contribution is 2.15. The molecule has 0 radical (unpaired) electrons. The standard InChI is InChI=1S/C55H90O6/c1-4-7-10-13-16-19-22-24-25-26-27-28-29-31-33-36-39-42-45-48-54(57)60-51-52(50-59-53(56)47-44-41-38-35-32-21-18-15-12-9-6-3)61-55(58)49-46-43-40-37-34-30-23-20-17-14-11-8-5-2/h8-9,11-12,14,17-18,20-21,23,30,34-35,37-38,40,52H,4-7,10,13,15-16,19,22,24-29,31-33,36,39,41-51H2,1-3H3/b11-8-,12-9-,17-14-,21-18-,23-20-,34-30-,38-35-,40-37-. The number of ether oxygens (including phenoxy) is 3. The van der Waals surface area contributed by atoms with Crippen LogP contribution in [0.5, 0.6) is 0 Å². The van der Waals surface area contributed by atoms with Crippen molar-refractivity contribution in [2.75, 3.05) is 13.2 Å². The van der Waals surface area contributed by atoms with Crippen molar-refractivity contribution in [2.45, 2.75) is 219 Å². The molecule has 0 aliphatic rings. The predicted molar refractivity (Wildman–Crippen MR) is 260 cm³/mol. The van der Waals surface area contributed by atoms with E-state index in [9.17, 15) is 14.4 Å². The normalized spacial score (nSPS) is 12.9. The van der Waals surface area contributed by atoms with Crippen LogP contribution >= 0.6 is 0 Å². The number of carbonyl (C=O) groups excluding carboxylic acids is 3. The first-order chi connectivity index (χ1) is 30.0. The maximum atomic E-state index is 12.7. The molecule has 0 amide bonds. The maximum Gasteiger partial charge on any atom is 0.306 e. The minimum absolute atomic E-state index is 0.121. The number of unbranched alkanes of at least 4 members (excludes halogenated alkanes) is 20. The summed E-state index contributed by atoms with van der Waals surface area (Å²) < 4.78 is 16.6. The van der Waals surface area contributed by atoms with Gasteiger partial charge in [-0.2, -0.15) is 0 Å².